The van der Waals surface area contributed by atoms with E-state index in [0.29, 0.717) is 13.0 Å². The molecule has 0 aliphatic carbocycles. The first-order chi connectivity index (χ1) is 14.7. The van der Waals surface area contributed by atoms with Crippen LogP contribution in [0.15, 0.2) is 29.2 Å². The zero-order valence-corrected chi connectivity index (χ0v) is 18.9. The van der Waals surface area contributed by atoms with E-state index < -0.39 is 27.8 Å². The molecule has 1 N–H and O–H groups in total. The quantitative estimate of drug-likeness (QED) is 0.673. The van der Waals surface area contributed by atoms with Crippen LogP contribution >= 0.6 is 11.3 Å². The Hall–Kier alpha value is -2.92. The second-order valence-electron chi connectivity index (χ2n) is 6.73. The molecule has 166 valence electrons. The van der Waals surface area contributed by atoms with Crippen molar-refractivity contribution in [3.05, 3.63) is 45.8 Å². The third kappa shape index (κ3) is 4.57. The van der Waals surface area contributed by atoms with E-state index in [1.165, 1.54) is 61.6 Å². The highest BCUT2D eigenvalue weighted by atomic mass is 32.2. The van der Waals surface area contributed by atoms with Crippen molar-refractivity contribution in [1.82, 2.24) is 4.90 Å². The van der Waals surface area contributed by atoms with Crippen LogP contribution in [0, 0.1) is 0 Å². The molecule has 31 heavy (non-hydrogen) atoms. The smallest absolute Gasteiger partial charge is 0.409 e. The number of nitrogens with one attached hydrogen (secondary N) is 1. The summed E-state index contributed by atoms with van der Waals surface area (Å²) < 4.78 is 33.9. The number of fused-ring (bicyclic) bond motifs is 1. The van der Waals surface area contributed by atoms with Crippen molar-refractivity contribution >= 4 is 44.1 Å². The van der Waals surface area contributed by atoms with Gasteiger partial charge in [0.2, 0.25) is 0 Å². The Labute approximate surface area is 183 Å². The van der Waals surface area contributed by atoms with Crippen molar-refractivity contribution in [3.63, 3.8) is 0 Å². The maximum atomic E-state index is 12.8. The summed E-state index contributed by atoms with van der Waals surface area (Å²) >= 11 is 1.17. The third-order valence-corrected chi connectivity index (χ3v) is 7.81. The molecule has 0 bridgehead atoms. The first-order valence-electron chi connectivity index (χ1n) is 9.41. The van der Waals surface area contributed by atoms with Crippen LogP contribution in [0.3, 0.4) is 0 Å². The van der Waals surface area contributed by atoms with E-state index in [2.05, 4.69) is 5.32 Å². The number of thiophene rings is 1. The van der Waals surface area contributed by atoms with Gasteiger partial charge in [-0.2, -0.15) is 0 Å². The highest BCUT2D eigenvalue weighted by molar-refractivity contribution is 7.91. The molecular weight excluding hydrogens is 444 g/mol. The number of hydrogen-bond donors (Lipinski definition) is 1. The van der Waals surface area contributed by atoms with Gasteiger partial charge in [-0.05, 0) is 30.2 Å². The molecule has 0 saturated carbocycles. The number of hydrogen-bond acceptors (Lipinski definition) is 8. The fourth-order valence-electron chi connectivity index (χ4n) is 3.27. The van der Waals surface area contributed by atoms with E-state index in [1.54, 1.807) is 0 Å². The Morgan fingerprint density at radius 3 is 2.58 bits per heavy atom. The maximum Gasteiger partial charge on any atom is 0.409 e. The Bertz CT molecular complexity index is 1140. The van der Waals surface area contributed by atoms with Crippen LogP contribution in [0.5, 0.6) is 0 Å². The summed E-state index contributed by atoms with van der Waals surface area (Å²) in [7, 11) is -0.926. The van der Waals surface area contributed by atoms with Gasteiger partial charge in [0.05, 0.1) is 37.0 Å². The number of rotatable bonds is 5. The van der Waals surface area contributed by atoms with Crippen molar-refractivity contribution in [2.24, 2.45) is 0 Å². The predicted molar refractivity (Wildman–Crippen MR) is 114 cm³/mol. The number of sulfone groups is 1. The zero-order chi connectivity index (χ0) is 22.8. The summed E-state index contributed by atoms with van der Waals surface area (Å²) in [5, 5.41) is 2.99. The number of amides is 2. The number of methoxy groups -OCH3 is 2. The molecule has 0 spiro atoms. The first kappa shape index (κ1) is 22.8. The van der Waals surface area contributed by atoms with E-state index in [1.807, 2.05) is 0 Å². The van der Waals surface area contributed by atoms with Crippen LogP contribution in [-0.2, 0) is 32.3 Å². The van der Waals surface area contributed by atoms with Gasteiger partial charge in [-0.3, -0.25) is 4.79 Å². The minimum Gasteiger partial charge on any atom is -0.465 e. The minimum atomic E-state index is -3.47. The van der Waals surface area contributed by atoms with Gasteiger partial charge in [-0.1, -0.05) is 13.0 Å². The van der Waals surface area contributed by atoms with Crippen LogP contribution in [0.4, 0.5) is 9.80 Å². The van der Waals surface area contributed by atoms with E-state index in [9.17, 15) is 22.8 Å². The van der Waals surface area contributed by atoms with Gasteiger partial charge in [-0.25, -0.2) is 18.0 Å². The number of carbonyl (C=O) groups excluding carboxylic acids is 3. The average molecular weight is 467 g/mol. The van der Waals surface area contributed by atoms with Crippen molar-refractivity contribution in [3.8, 4) is 0 Å². The SMILES string of the molecule is CCS(=O)(=O)c1cccc(C(=O)Nc2sc3c(c2C(=O)OC)CCN(C(=O)OC)C3)c1. The number of esters is 1. The summed E-state index contributed by atoms with van der Waals surface area (Å²) in [4.78, 5) is 39.4. The van der Waals surface area contributed by atoms with Gasteiger partial charge in [0, 0.05) is 17.0 Å². The lowest BCUT2D eigenvalue weighted by Crippen LogP contribution is -2.35. The van der Waals surface area contributed by atoms with Crippen molar-refractivity contribution in [2.75, 3.05) is 31.8 Å². The third-order valence-electron chi connectivity index (χ3n) is 4.94. The van der Waals surface area contributed by atoms with Gasteiger partial charge in [0.1, 0.15) is 5.00 Å². The Kier molecular flexibility index (Phi) is 6.65. The number of carbonyl (C=O) groups is 3. The average Bonchev–Trinajstić information content (AvgIpc) is 3.14. The highest BCUT2D eigenvalue weighted by Crippen LogP contribution is 2.38. The van der Waals surface area contributed by atoms with Crippen LogP contribution < -0.4 is 5.32 Å². The summed E-state index contributed by atoms with van der Waals surface area (Å²) in [6.07, 6.45) is -0.0657. The molecule has 0 radical (unpaired) electrons. The summed E-state index contributed by atoms with van der Waals surface area (Å²) in [5.74, 6) is -1.23. The molecule has 1 aliphatic heterocycles. The molecule has 1 aromatic heterocycles. The molecule has 0 fully saturated rings. The molecule has 9 nitrogen and oxygen atoms in total. The molecule has 2 amide bonds. The second kappa shape index (κ2) is 9.06. The number of benzene rings is 1. The number of anilines is 1. The Balaban J connectivity index is 1.94. The van der Waals surface area contributed by atoms with Gasteiger partial charge < -0.3 is 19.7 Å². The van der Waals surface area contributed by atoms with Crippen LogP contribution in [0.25, 0.3) is 0 Å². The Morgan fingerprint density at radius 2 is 1.94 bits per heavy atom. The molecule has 2 aromatic rings. The van der Waals surface area contributed by atoms with Crippen LogP contribution in [0.1, 0.15) is 38.1 Å². The van der Waals surface area contributed by atoms with Gasteiger partial charge in [-0.15, -0.1) is 11.3 Å². The molecule has 1 aromatic carbocycles. The molecule has 0 unspecified atom stereocenters. The van der Waals surface area contributed by atoms with E-state index in [-0.39, 0.29) is 33.3 Å². The van der Waals surface area contributed by atoms with E-state index in [0.717, 1.165) is 10.4 Å². The topological polar surface area (TPSA) is 119 Å². The standard InChI is InChI=1S/C20H22N2O7S2/c1-4-31(26,27)13-7-5-6-12(10-13)17(23)21-18-16(19(24)28-2)14-8-9-22(20(25)29-3)11-15(14)30-18/h5-7,10H,4,8-9,11H2,1-3H3,(H,21,23). The van der Waals surface area contributed by atoms with Crippen molar-refractivity contribution in [1.29, 1.82) is 0 Å². The van der Waals surface area contributed by atoms with Crippen LogP contribution in [0.2, 0.25) is 0 Å². The molecule has 0 saturated heterocycles. The van der Waals surface area contributed by atoms with Gasteiger partial charge >= 0.3 is 12.1 Å². The van der Waals surface area contributed by atoms with Crippen LogP contribution in [-0.4, -0.2) is 57.8 Å². The Morgan fingerprint density at radius 1 is 1.19 bits per heavy atom. The minimum absolute atomic E-state index is 0.0510. The fourth-order valence-corrected chi connectivity index (χ4v) is 5.44. The zero-order valence-electron chi connectivity index (χ0n) is 17.3. The van der Waals surface area contributed by atoms with E-state index in [4.69, 9.17) is 9.47 Å². The molecule has 3 rings (SSSR count). The molecule has 0 atom stereocenters. The van der Waals surface area contributed by atoms with Gasteiger partial charge in [0.15, 0.2) is 9.84 Å². The number of nitrogens with zero attached hydrogens (tertiary/aromatic N) is 1. The molecule has 1 aliphatic rings. The molecule has 2 heterocycles. The van der Waals surface area contributed by atoms with Crippen molar-refractivity contribution in [2.45, 2.75) is 24.8 Å². The van der Waals surface area contributed by atoms with Gasteiger partial charge in [0.25, 0.3) is 5.91 Å². The largest absolute Gasteiger partial charge is 0.465 e. The first-order valence-corrected chi connectivity index (χ1v) is 11.9. The lowest BCUT2D eigenvalue weighted by Gasteiger charge is -2.25. The summed E-state index contributed by atoms with van der Waals surface area (Å²) in [6, 6.07) is 5.72. The monoisotopic (exact) mass is 466 g/mol. The maximum absolute atomic E-state index is 12.8. The van der Waals surface area contributed by atoms with Crippen molar-refractivity contribution < 1.29 is 32.3 Å². The molecule has 11 heteroatoms. The van der Waals surface area contributed by atoms with E-state index >= 15 is 0 Å². The highest BCUT2D eigenvalue weighted by Gasteiger charge is 2.31. The lowest BCUT2D eigenvalue weighted by molar-refractivity contribution is 0.0600. The predicted octanol–water partition coefficient (Wildman–Crippen LogP) is 2.71. The fraction of sp³-hybridized carbons (Fsp3) is 0.350. The summed E-state index contributed by atoms with van der Waals surface area (Å²) in [5.41, 5.74) is 1.11. The number of ether oxygens (including phenoxy) is 2. The second-order valence-corrected chi connectivity index (χ2v) is 10.1. The molecular formula is C20H22N2O7S2. The lowest BCUT2D eigenvalue weighted by atomic mass is 10.0. The summed E-state index contributed by atoms with van der Waals surface area (Å²) in [6.45, 7) is 2.14. The normalized spacial score (nSPS) is 13.3.